The van der Waals surface area contributed by atoms with E-state index in [2.05, 4.69) is 14.5 Å². The molecule has 174 valence electrons. The number of rotatable bonds is 6. The summed E-state index contributed by atoms with van der Waals surface area (Å²) in [7, 11) is -3.47. The molecule has 0 saturated heterocycles. The van der Waals surface area contributed by atoms with Gasteiger partial charge in [-0.05, 0) is 12.1 Å². The van der Waals surface area contributed by atoms with Gasteiger partial charge in [0.2, 0.25) is 0 Å². The number of hydrogen-bond acceptors (Lipinski definition) is 8. The van der Waals surface area contributed by atoms with Crippen molar-refractivity contribution in [2.75, 3.05) is 19.5 Å². The third kappa shape index (κ3) is 4.80. The van der Waals surface area contributed by atoms with Crippen molar-refractivity contribution in [2.24, 2.45) is 0 Å². The van der Waals surface area contributed by atoms with Crippen LogP contribution in [0, 0.1) is 11.3 Å². The maximum absolute atomic E-state index is 12.8. The van der Waals surface area contributed by atoms with E-state index in [-0.39, 0.29) is 43.7 Å². The van der Waals surface area contributed by atoms with Crippen molar-refractivity contribution in [3.63, 3.8) is 0 Å². The van der Waals surface area contributed by atoms with Crippen LogP contribution in [0.1, 0.15) is 5.56 Å². The lowest BCUT2D eigenvalue weighted by Crippen LogP contribution is -2.28. The highest BCUT2D eigenvalue weighted by atomic mass is 35.5. The second-order valence-corrected chi connectivity index (χ2v) is 8.61. The number of methoxy groups -OCH3 is 2. The molecule has 8 nitrogen and oxygen atoms in total. The highest BCUT2D eigenvalue weighted by Gasteiger charge is 2.49. The molecule has 14 heteroatoms. The minimum atomic E-state index is -5.96. The molecule has 0 aliphatic carbocycles. The standard InChI is InChI=1S/C19H12Cl2F3N3O5S/c1-30-15-6-14(11(20)4-12(15)21)27-18-9(7-25)8-26-13-5-17(16(31-2)3-10(13)18)32-33(28,29)19(22,23)24/h3-6,8H,1-2H3,(H,26,27). The van der Waals surface area contributed by atoms with E-state index in [4.69, 9.17) is 32.7 Å². The first-order valence-corrected chi connectivity index (χ1v) is 10.8. The van der Waals surface area contributed by atoms with Gasteiger partial charge in [0.15, 0.2) is 11.5 Å². The number of nitriles is 1. The Labute approximate surface area is 195 Å². The summed E-state index contributed by atoms with van der Waals surface area (Å²) in [4.78, 5) is 4.00. The lowest BCUT2D eigenvalue weighted by Gasteiger charge is -2.17. The molecule has 0 fully saturated rings. The first kappa shape index (κ1) is 24.5. The Balaban J connectivity index is 2.20. The van der Waals surface area contributed by atoms with E-state index in [1.807, 2.05) is 6.07 Å². The summed E-state index contributed by atoms with van der Waals surface area (Å²) >= 11 is 12.3. The van der Waals surface area contributed by atoms with Gasteiger partial charge in [0.05, 0.1) is 46.7 Å². The Morgan fingerprint density at radius 1 is 1.03 bits per heavy atom. The summed E-state index contributed by atoms with van der Waals surface area (Å²) in [5.74, 6) is -0.808. The fourth-order valence-electron chi connectivity index (χ4n) is 2.73. The molecule has 3 aromatic rings. The molecular formula is C19H12Cl2F3N3O5S. The number of hydrogen-bond donors (Lipinski definition) is 1. The normalized spacial score (nSPS) is 11.7. The van der Waals surface area contributed by atoms with Crippen LogP contribution in [0.2, 0.25) is 10.0 Å². The first-order chi connectivity index (χ1) is 15.4. The number of alkyl halides is 3. The van der Waals surface area contributed by atoms with Gasteiger partial charge in [-0.2, -0.15) is 26.9 Å². The van der Waals surface area contributed by atoms with E-state index in [9.17, 15) is 26.9 Å². The fourth-order valence-corrected chi connectivity index (χ4v) is 3.69. The predicted molar refractivity (Wildman–Crippen MR) is 115 cm³/mol. The third-order valence-electron chi connectivity index (χ3n) is 4.26. The molecule has 0 saturated carbocycles. The summed E-state index contributed by atoms with van der Waals surface area (Å²) in [5.41, 5.74) is -5.15. The van der Waals surface area contributed by atoms with Gasteiger partial charge in [-0.25, -0.2) is 0 Å². The number of fused-ring (bicyclic) bond motifs is 1. The molecule has 0 atom stereocenters. The minimum Gasteiger partial charge on any atom is -0.495 e. The second-order valence-electron chi connectivity index (χ2n) is 6.25. The quantitative estimate of drug-likeness (QED) is 0.339. The summed E-state index contributed by atoms with van der Waals surface area (Å²) in [6, 6.07) is 6.93. The Morgan fingerprint density at radius 2 is 1.70 bits per heavy atom. The van der Waals surface area contributed by atoms with Crippen molar-refractivity contribution in [1.82, 2.24) is 4.98 Å². The average molecular weight is 522 g/mol. The maximum Gasteiger partial charge on any atom is 0.534 e. The Kier molecular flexibility index (Phi) is 6.69. The van der Waals surface area contributed by atoms with Gasteiger partial charge < -0.3 is 19.0 Å². The number of benzene rings is 2. The largest absolute Gasteiger partial charge is 0.534 e. The Hall–Kier alpha value is -3.14. The van der Waals surface area contributed by atoms with Gasteiger partial charge in [0, 0.05) is 23.7 Å². The van der Waals surface area contributed by atoms with Crippen molar-refractivity contribution >= 4 is 55.6 Å². The van der Waals surface area contributed by atoms with Gasteiger partial charge in [-0.3, -0.25) is 4.98 Å². The maximum atomic E-state index is 12.8. The van der Waals surface area contributed by atoms with E-state index in [1.54, 1.807) is 0 Å². The molecular weight excluding hydrogens is 510 g/mol. The van der Waals surface area contributed by atoms with Gasteiger partial charge in [0.25, 0.3) is 0 Å². The molecule has 2 aromatic carbocycles. The number of halogens is 5. The topological polar surface area (TPSA) is 111 Å². The third-order valence-corrected chi connectivity index (χ3v) is 5.83. The smallest absolute Gasteiger partial charge is 0.495 e. The molecule has 1 aromatic heterocycles. The Bertz CT molecular complexity index is 1390. The van der Waals surface area contributed by atoms with Crippen LogP contribution in [-0.4, -0.2) is 33.1 Å². The number of nitrogens with zero attached hydrogens (tertiary/aromatic N) is 2. The van der Waals surface area contributed by atoms with E-state index < -0.39 is 21.4 Å². The van der Waals surface area contributed by atoms with Crippen molar-refractivity contribution in [3.05, 3.63) is 46.1 Å². The monoisotopic (exact) mass is 521 g/mol. The zero-order chi connectivity index (χ0) is 24.6. The van der Waals surface area contributed by atoms with Crippen molar-refractivity contribution in [3.8, 4) is 23.3 Å². The van der Waals surface area contributed by atoms with Crippen LogP contribution in [0.5, 0.6) is 17.2 Å². The Morgan fingerprint density at radius 3 is 2.27 bits per heavy atom. The fraction of sp³-hybridized carbons (Fsp3) is 0.158. The van der Waals surface area contributed by atoms with E-state index in [0.29, 0.717) is 5.69 Å². The highest BCUT2D eigenvalue weighted by Crippen LogP contribution is 2.41. The van der Waals surface area contributed by atoms with Gasteiger partial charge in [-0.1, -0.05) is 23.2 Å². The van der Waals surface area contributed by atoms with Gasteiger partial charge in [-0.15, -0.1) is 0 Å². The molecule has 0 aliphatic heterocycles. The van der Waals surface area contributed by atoms with Crippen LogP contribution in [0.15, 0.2) is 30.5 Å². The van der Waals surface area contributed by atoms with E-state index in [0.717, 1.165) is 19.4 Å². The minimum absolute atomic E-state index is 0.00160. The number of aromatic nitrogens is 1. The van der Waals surface area contributed by atoms with Crippen LogP contribution in [0.3, 0.4) is 0 Å². The lowest BCUT2D eigenvalue weighted by atomic mass is 10.1. The molecule has 0 amide bonds. The SMILES string of the molecule is COc1cc(Nc2c(C#N)cnc3cc(OS(=O)(=O)C(F)(F)F)c(OC)cc23)c(Cl)cc1Cl. The second kappa shape index (κ2) is 9.01. The summed E-state index contributed by atoms with van der Waals surface area (Å²) in [6.07, 6.45) is 1.14. The van der Waals surface area contributed by atoms with Crippen LogP contribution >= 0.6 is 23.2 Å². The average Bonchev–Trinajstić information content (AvgIpc) is 2.74. The van der Waals surface area contributed by atoms with E-state index in [1.165, 1.54) is 25.3 Å². The molecule has 0 unspecified atom stereocenters. The highest BCUT2D eigenvalue weighted by molar-refractivity contribution is 7.88. The molecule has 0 aliphatic rings. The van der Waals surface area contributed by atoms with Crippen molar-refractivity contribution < 1.29 is 35.2 Å². The first-order valence-electron chi connectivity index (χ1n) is 8.63. The van der Waals surface area contributed by atoms with Crippen LogP contribution in [0.25, 0.3) is 10.9 Å². The molecule has 33 heavy (non-hydrogen) atoms. The molecule has 1 N–H and O–H groups in total. The zero-order valence-electron chi connectivity index (χ0n) is 16.6. The van der Waals surface area contributed by atoms with Crippen molar-refractivity contribution in [2.45, 2.75) is 5.51 Å². The van der Waals surface area contributed by atoms with Crippen molar-refractivity contribution in [1.29, 1.82) is 5.26 Å². The number of nitrogens with one attached hydrogen (secondary N) is 1. The summed E-state index contributed by atoms with van der Waals surface area (Å²) in [6.45, 7) is 0. The summed E-state index contributed by atoms with van der Waals surface area (Å²) < 4.78 is 75.5. The zero-order valence-corrected chi connectivity index (χ0v) is 18.9. The van der Waals surface area contributed by atoms with Crippen LogP contribution in [0.4, 0.5) is 24.5 Å². The molecule has 1 heterocycles. The molecule has 0 radical (unpaired) electrons. The summed E-state index contributed by atoms with van der Waals surface area (Å²) in [5, 5.41) is 13.1. The molecule has 0 spiro atoms. The van der Waals surface area contributed by atoms with Gasteiger partial charge in [0.1, 0.15) is 11.8 Å². The lowest BCUT2D eigenvalue weighted by molar-refractivity contribution is -0.0500. The van der Waals surface area contributed by atoms with Crippen LogP contribution in [-0.2, 0) is 10.1 Å². The van der Waals surface area contributed by atoms with Gasteiger partial charge >= 0.3 is 15.6 Å². The molecule has 0 bridgehead atoms. The predicted octanol–water partition coefficient (Wildman–Crippen LogP) is 5.40. The van der Waals surface area contributed by atoms with Crippen LogP contribution < -0.4 is 19.0 Å². The van der Waals surface area contributed by atoms with E-state index >= 15 is 0 Å². The number of ether oxygens (including phenoxy) is 2. The number of anilines is 2. The number of pyridine rings is 1. The molecule has 3 rings (SSSR count).